The zero-order valence-electron chi connectivity index (χ0n) is 17.8. The molecule has 2 rings (SSSR count). The summed E-state index contributed by atoms with van der Waals surface area (Å²) < 4.78 is 14.9. The van der Waals surface area contributed by atoms with E-state index in [0.717, 1.165) is 10.0 Å². The van der Waals surface area contributed by atoms with Crippen molar-refractivity contribution in [3.63, 3.8) is 0 Å². The van der Waals surface area contributed by atoms with Crippen molar-refractivity contribution >= 4 is 51.1 Å². The molecule has 4 nitrogen and oxygen atoms in total. The van der Waals surface area contributed by atoms with Gasteiger partial charge in [-0.25, -0.2) is 4.39 Å². The van der Waals surface area contributed by atoms with E-state index < -0.39 is 6.04 Å². The van der Waals surface area contributed by atoms with Crippen LogP contribution in [0, 0.1) is 11.7 Å². The summed E-state index contributed by atoms with van der Waals surface area (Å²) in [4.78, 5) is 27.2. The molecule has 0 unspecified atom stereocenters. The molecular weight excluding hydrogens is 503 g/mol. The minimum atomic E-state index is -0.632. The van der Waals surface area contributed by atoms with Gasteiger partial charge in [0.1, 0.15) is 11.9 Å². The summed E-state index contributed by atoms with van der Waals surface area (Å²) >= 11 is 10.8. The van der Waals surface area contributed by atoms with E-state index in [0.29, 0.717) is 29.6 Å². The van der Waals surface area contributed by atoms with Crippen LogP contribution in [0.25, 0.3) is 0 Å². The number of benzene rings is 2. The number of thioether (sulfide) groups is 1. The highest BCUT2D eigenvalue weighted by Crippen LogP contribution is 2.24. The van der Waals surface area contributed by atoms with Gasteiger partial charge in [-0.3, -0.25) is 9.59 Å². The lowest BCUT2D eigenvalue weighted by atomic mass is 10.1. The molecule has 31 heavy (non-hydrogen) atoms. The molecule has 1 N–H and O–H groups in total. The molecule has 2 amide bonds. The summed E-state index contributed by atoms with van der Waals surface area (Å²) in [5, 5.41) is 3.24. The van der Waals surface area contributed by atoms with E-state index in [1.165, 1.54) is 17.8 Å². The maximum absolute atomic E-state index is 14.0. The zero-order chi connectivity index (χ0) is 23.0. The van der Waals surface area contributed by atoms with Crippen LogP contribution in [0.3, 0.4) is 0 Å². The van der Waals surface area contributed by atoms with Crippen LogP contribution >= 0.6 is 39.3 Å². The van der Waals surface area contributed by atoms with Crippen molar-refractivity contribution in [2.24, 2.45) is 5.92 Å². The minimum Gasteiger partial charge on any atom is -0.354 e. The fourth-order valence-corrected chi connectivity index (χ4v) is 4.33. The number of nitrogens with zero attached hydrogens (tertiary/aromatic N) is 1. The molecule has 0 saturated heterocycles. The molecule has 0 aromatic heterocycles. The van der Waals surface area contributed by atoms with E-state index in [2.05, 4.69) is 21.2 Å². The van der Waals surface area contributed by atoms with Gasteiger partial charge in [-0.05, 0) is 42.7 Å². The number of nitrogens with one attached hydrogen (secondary N) is 1. The maximum Gasteiger partial charge on any atom is 0.242 e. The Kier molecular flexibility index (Phi) is 10.3. The first-order valence-corrected chi connectivity index (χ1v) is 12.3. The third kappa shape index (κ3) is 8.13. The smallest absolute Gasteiger partial charge is 0.242 e. The Morgan fingerprint density at radius 3 is 2.45 bits per heavy atom. The van der Waals surface area contributed by atoms with Crippen molar-refractivity contribution in [2.75, 3.05) is 12.3 Å². The Bertz CT molecular complexity index is 875. The van der Waals surface area contributed by atoms with Crippen LogP contribution < -0.4 is 5.32 Å². The standard InChI is InChI=1S/C23H27BrClFN2O2S/c1-15(2)11-27-23(30)16(3)28(12-17-7-9-18(24)10-8-17)22(29)14-31-13-19-20(25)5-4-6-21(19)26/h4-10,15-16H,11-14H2,1-3H3,(H,27,30)/t16-/m1/s1. The number of hydrogen-bond acceptors (Lipinski definition) is 3. The third-order valence-corrected chi connectivity index (χ3v) is 6.48. The predicted molar refractivity (Wildman–Crippen MR) is 130 cm³/mol. The Hall–Kier alpha value is -1.57. The molecule has 0 saturated carbocycles. The monoisotopic (exact) mass is 528 g/mol. The fourth-order valence-electron chi connectivity index (χ4n) is 2.82. The second kappa shape index (κ2) is 12.5. The number of carbonyl (C=O) groups is 2. The van der Waals surface area contributed by atoms with Crippen molar-refractivity contribution < 1.29 is 14.0 Å². The average molecular weight is 530 g/mol. The minimum absolute atomic E-state index is 0.114. The first kappa shape index (κ1) is 25.7. The Balaban J connectivity index is 2.09. The van der Waals surface area contributed by atoms with E-state index >= 15 is 0 Å². The zero-order valence-corrected chi connectivity index (χ0v) is 21.0. The van der Waals surface area contributed by atoms with Gasteiger partial charge in [-0.1, -0.05) is 59.6 Å². The highest BCUT2D eigenvalue weighted by molar-refractivity contribution is 9.10. The lowest BCUT2D eigenvalue weighted by Crippen LogP contribution is -2.48. The average Bonchev–Trinajstić information content (AvgIpc) is 2.73. The van der Waals surface area contributed by atoms with E-state index in [-0.39, 0.29) is 29.1 Å². The molecule has 2 aromatic carbocycles. The van der Waals surface area contributed by atoms with Gasteiger partial charge in [-0.15, -0.1) is 11.8 Å². The van der Waals surface area contributed by atoms with Crippen LogP contribution in [0.2, 0.25) is 5.02 Å². The van der Waals surface area contributed by atoms with E-state index in [4.69, 9.17) is 11.6 Å². The Morgan fingerprint density at radius 2 is 1.84 bits per heavy atom. The molecule has 0 aliphatic heterocycles. The molecule has 0 bridgehead atoms. The van der Waals surface area contributed by atoms with Gasteiger partial charge >= 0.3 is 0 Å². The molecular formula is C23H27BrClFN2O2S. The first-order chi connectivity index (χ1) is 14.7. The molecule has 8 heteroatoms. The largest absolute Gasteiger partial charge is 0.354 e. The number of carbonyl (C=O) groups excluding carboxylic acids is 2. The van der Waals surface area contributed by atoms with Gasteiger partial charge in [0.25, 0.3) is 0 Å². The van der Waals surface area contributed by atoms with Crippen molar-refractivity contribution in [1.82, 2.24) is 10.2 Å². The van der Waals surface area contributed by atoms with Crippen molar-refractivity contribution in [3.8, 4) is 0 Å². The topological polar surface area (TPSA) is 49.4 Å². The molecule has 0 radical (unpaired) electrons. The van der Waals surface area contributed by atoms with Crippen LogP contribution in [0.4, 0.5) is 4.39 Å². The fraction of sp³-hybridized carbons (Fsp3) is 0.391. The summed E-state index contributed by atoms with van der Waals surface area (Å²) in [5.74, 6) is -0.0670. The van der Waals surface area contributed by atoms with Crippen molar-refractivity contribution in [3.05, 3.63) is 68.9 Å². The summed E-state index contributed by atoms with van der Waals surface area (Å²) in [5.41, 5.74) is 1.30. The van der Waals surface area contributed by atoms with Gasteiger partial charge in [-0.2, -0.15) is 0 Å². The van der Waals surface area contributed by atoms with Crippen LogP contribution in [-0.4, -0.2) is 35.1 Å². The number of rotatable bonds is 10. The highest BCUT2D eigenvalue weighted by atomic mass is 79.9. The summed E-state index contributed by atoms with van der Waals surface area (Å²) in [6.07, 6.45) is 0. The van der Waals surface area contributed by atoms with E-state index in [9.17, 15) is 14.0 Å². The summed E-state index contributed by atoms with van der Waals surface area (Å²) in [6, 6.07) is 11.5. The van der Waals surface area contributed by atoms with Crippen LogP contribution in [0.5, 0.6) is 0 Å². The highest BCUT2D eigenvalue weighted by Gasteiger charge is 2.26. The van der Waals surface area contributed by atoms with Gasteiger partial charge in [0.05, 0.1) is 5.75 Å². The van der Waals surface area contributed by atoms with Crippen LogP contribution in [0.1, 0.15) is 31.9 Å². The predicted octanol–water partition coefficient (Wildman–Crippen LogP) is 5.66. The Morgan fingerprint density at radius 1 is 1.16 bits per heavy atom. The van der Waals surface area contributed by atoms with Gasteiger partial charge in [0, 0.05) is 33.9 Å². The number of amides is 2. The van der Waals surface area contributed by atoms with Crippen LogP contribution in [-0.2, 0) is 21.9 Å². The molecule has 0 aliphatic carbocycles. The molecule has 1 atom stereocenters. The van der Waals surface area contributed by atoms with Crippen molar-refractivity contribution in [1.29, 1.82) is 0 Å². The summed E-state index contributed by atoms with van der Waals surface area (Å²) in [7, 11) is 0. The molecule has 0 heterocycles. The quantitative estimate of drug-likeness (QED) is 0.432. The molecule has 0 spiro atoms. The molecule has 0 aliphatic rings. The number of hydrogen-bond donors (Lipinski definition) is 1. The van der Waals surface area contributed by atoms with Gasteiger partial charge < -0.3 is 10.2 Å². The normalized spacial score (nSPS) is 12.0. The second-order valence-corrected chi connectivity index (χ2v) is 9.96. The molecule has 168 valence electrons. The number of halogens is 3. The van der Waals surface area contributed by atoms with Gasteiger partial charge in [0.2, 0.25) is 11.8 Å². The lowest BCUT2D eigenvalue weighted by Gasteiger charge is -2.29. The first-order valence-electron chi connectivity index (χ1n) is 10.0. The molecule has 2 aromatic rings. The molecule has 0 fully saturated rings. The third-order valence-electron chi connectivity index (χ3n) is 4.65. The second-order valence-electron chi connectivity index (χ2n) is 7.66. The van der Waals surface area contributed by atoms with E-state index in [1.807, 2.05) is 38.1 Å². The Labute approximate surface area is 201 Å². The van der Waals surface area contributed by atoms with Crippen molar-refractivity contribution in [2.45, 2.75) is 39.1 Å². The lowest BCUT2D eigenvalue weighted by molar-refractivity contribution is -0.138. The van der Waals surface area contributed by atoms with Gasteiger partial charge in [0.15, 0.2) is 0 Å². The van der Waals surface area contributed by atoms with E-state index in [1.54, 1.807) is 24.0 Å². The summed E-state index contributed by atoms with van der Waals surface area (Å²) in [6.45, 7) is 6.61. The van der Waals surface area contributed by atoms with Crippen LogP contribution in [0.15, 0.2) is 46.9 Å². The SMILES string of the molecule is CC(C)CNC(=O)[C@@H](C)N(Cc1ccc(Br)cc1)C(=O)CSCc1c(F)cccc1Cl. The maximum atomic E-state index is 14.0.